The molecule has 0 aliphatic rings. The summed E-state index contributed by atoms with van der Waals surface area (Å²) in [5.41, 5.74) is 2.35. The van der Waals surface area contributed by atoms with Gasteiger partial charge in [0, 0.05) is 13.1 Å². The molecular weight excluding hydrogens is 292 g/mol. The summed E-state index contributed by atoms with van der Waals surface area (Å²) in [7, 11) is 3.14. The molecule has 0 aliphatic heterocycles. The van der Waals surface area contributed by atoms with E-state index in [1.165, 1.54) is 17.6 Å². The van der Waals surface area contributed by atoms with Crippen LogP contribution in [0.1, 0.15) is 30.9 Å². The van der Waals surface area contributed by atoms with Crippen LogP contribution in [0.25, 0.3) is 0 Å². The van der Waals surface area contributed by atoms with Crippen LogP contribution < -0.4 is 14.4 Å². The molecule has 23 heavy (non-hydrogen) atoms. The number of anilines is 1. The van der Waals surface area contributed by atoms with E-state index in [1.807, 2.05) is 25.1 Å². The Morgan fingerprint density at radius 3 is 2.57 bits per heavy atom. The Kier molecular flexibility index (Phi) is 5.21. The highest BCUT2D eigenvalue weighted by molar-refractivity contribution is 5.87. The third-order valence-corrected chi connectivity index (χ3v) is 3.60. The molecule has 0 saturated carbocycles. The molecule has 0 atom stereocenters. The molecule has 0 fully saturated rings. The summed E-state index contributed by atoms with van der Waals surface area (Å²) < 4.78 is 10.5. The number of aryl methyl sites for hydroxylation is 1. The highest BCUT2D eigenvalue weighted by Crippen LogP contribution is 2.24. The molecule has 2 rings (SSSR count). The van der Waals surface area contributed by atoms with Gasteiger partial charge < -0.3 is 9.47 Å². The predicted molar refractivity (Wildman–Crippen MR) is 90.5 cm³/mol. The minimum atomic E-state index is -0.498. The second-order valence-electron chi connectivity index (χ2n) is 5.64. The van der Waals surface area contributed by atoms with Gasteiger partial charge in [0.25, 0.3) is 0 Å². The first-order valence-corrected chi connectivity index (χ1v) is 7.49. The third kappa shape index (κ3) is 4.00. The van der Waals surface area contributed by atoms with Gasteiger partial charge in [0.15, 0.2) is 0 Å². The van der Waals surface area contributed by atoms with Crippen molar-refractivity contribution in [3.8, 4) is 11.6 Å². The fourth-order valence-electron chi connectivity index (χ4n) is 2.33. The molecule has 0 unspecified atom stereocenters. The maximum atomic E-state index is 12.3. The Morgan fingerprint density at radius 2 is 1.96 bits per heavy atom. The van der Waals surface area contributed by atoms with E-state index in [-0.39, 0.29) is 0 Å². The van der Waals surface area contributed by atoms with Crippen LogP contribution in [0.3, 0.4) is 0 Å². The lowest BCUT2D eigenvalue weighted by Crippen LogP contribution is -2.30. The summed E-state index contributed by atoms with van der Waals surface area (Å²) in [6.45, 7) is 6.28. The molecule has 1 amide bonds. The number of methoxy groups -OCH3 is 1. The monoisotopic (exact) mass is 314 g/mol. The average Bonchev–Trinajstić information content (AvgIpc) is 2.53. The fourth-order valence-corrected chi connectivity index (χ4v) is 2.33. The van der Waals surface area contributed by atoms with Crippen molar-refractivity contribution in [3.05, 3.63) is 47.5 Å². The Balaban J connectivity index is 2.13. The zero-order valence-electron chi connectivity index (χ0n) is 14.2. The molecule has 122 valence electrons. The van der Waals surface area contributed by atoms with Crippen LogP contribution >= 0.6 is 0 Å². The van der Waals surface area contributed by atoms with E-state index in [0.717, 1.165) is 5.56 Å². The topological polar surface area (TPSA) is 51.7 Å². The lowest BCUT2D eigenvalue weighted by Gasteiger charge is -2.17. The van der Waals surface area contributed by atoms with Gasteiger partial charge in [-0.3, -0.25) is 4.90 Å². The van der Waals surface area contributed by atoms with Gasteiger partial charge in [-0.05, 0) is 42.2 Å². The van der Waals surface area contributed by atoms with E-state index >= 15 is 0 Å². The molecular formula is C18H22N2O3. The van der Waals surface area contributed by atoms with E-state index in [0.29, 0.717) is 23.4 Å². The lowest BCUT2D eigenvalue weighted by atomic mass is 9.98. The molecule has 1 aromatic heterocycles. The van der Waals surface area contributed by atoms with E-state index < -0.39 is 6.09 Å². The van der Waals surface area contributed by atoms with Gasteiger partial charge in [-0.2, -0.15) is 4.98 Å². The zero-order chi connectivity index (χ0) is 17.0. The number of carbonyl (C=O) groups is 1. The number of nitrogens with zero attached hydrogens (tertiary/aromatic N) is 2. The molecule has 0 N–H and O–H groups in total. The summed E-state index contributed by atoms with van der Waals surface area (Å²) in [4.78, 5) is 17.8. The largest absolute Gasteiger partial charge is 0.481 e. The molecule has 1 heterocycles. The van der Waals surface area contributed by atoms with Crippen molar-refractivity contribution in [2.45, 2.75) is 26.7 Å². The summed E-state index contributed by atoms with van der Waals surface area (Å²) in [6, 6.07) is 10.9. The van der Waals surface area contributed by atoms with Crippen molar-refractivity contribution in [2.24, 2.45) is 0 Å². The van der Waals surface area contributed by atoms with Gasteiger partial charge >= 0.3 is 6.09 Å². The maximum Gasteiger partial charge on any atom is 0.420 e. The van der Waals surface area contributed by atoms with E-state index in [2.05, 4.69) is 18.8 Å². The Labute approximate surface area is 136 Å². The van der Waals surface area contributed by atoms with Crippen molar-refractivity contribution in [1.82, 2.24) is 4.98 Å². The van der Waals surface area contributed by atoms with Gasteiger partial charge in [0.1, 0.15) is 11.6 Å². The standard InChI is InChI=1S/C18H22N2O3/c1-12(2)15-10-9-14(11-13(15)3)23-18(21)20(4)16-7-6-8-17(19-16)22-5/h6-12H,1-5H3. The first-order valence-electron chi connectivity index (χ1n) is 7.49. The van der Waals surface area contributed by atoms with E-state index in [1.54, 1.807) is 25.2 Å². The van der Waals surface area contributed by atoms with Gasteiger partial charge in [-0.25, -0.2) is 4.79 Å². The smallest absolute Gasteiger partial charge is 0.420 e. The van der Waals surface area contributed by atoms with Gasteiger partial charge in [0.05, 0.1) is 7.11 Å². The first-order chi connectivity index (χ1) is 10.9. The average molecular weight is 314 g/mol. The number of hydrogen-bond acceptors (Lipinski definition) is 4. The van der Waals surface area contributed by atoms with Crippen molar-refractivity contribution in [3.63, 3.8) is 0 Å². The Bertz CT molecular complexity index is 698. The summed E-state index contributed by atoms with van der Waals surface area (Å²) in [5.74, 6) is 1.86. The second-order valence-corrected chi connectivity index (χ2v) is 5.64. The number of pyridine rings is 1. The number of amides is 1. The Hall–Kier alpha value is -2.56. The molecule has 0 bridgehead atoms. The van der Waals surface area contributed by atoms with Gasteiger partial charge in [-0.1, -0.05) is 26.0 Å². The van der Waals surface area contributed by atoms with Crippen LogP contribution in [-0.4, -0.2) is 25.2 Å². The normalized spacial score (nSPS) is 10.5. The molecule has 0 saturated heterocycles. The van der Waals surface area contributed by atoms with Gasteiger partial charge in [0.2, 0.25) is 5.88 Å². The van der Waals surface area contributed by atoms with Crippen molar-refractivity contribution < 1.29 is 14.3 Å². The SMILES string of the molecule is COc1cccc(N(C)C(=O)Oc2ccc(C(C)C)c(C)c2)n1. The molecule has 1 aromatic carbocycles. The minimum absolute atomic E-state index is 0.434. The molecule has 0 spiro atoms. The summed E-state index contributed by atoms with van der Waals surface area (Å²) >= 11 is 0. The molecule has 5 heteroatoms. The number of aromatic nitrogens is 1. The van der Waals surface area contributed by atoms with Crippen molar-refractivity contribution >= 4 is 11.9 Å². The predicted octanol–water partition coefficient (Wildman–Crippen LogP) is 4.16. The number of carbonyl (C=O) groups excluding carboxylic acids is 1. The van der Waals surface area contributed by atoms with Crippen LogP contribution in [0.4, 0.5) is 10.6 Å². The van der Waals surface area contributed by atoms with Crippen LogP contribution in [0.15, 0.2) is 36.4 Å². The van der Waals surface area contributed by atoms with E-state index in [9.17, 15) is 4.79 Å². The molecule has 0 radical (unpaired) electrons. The number of hydrogen-bond donors (Lipinski definition) is 0. The molecule has 2 aromatic rings. The number of ether oxygens (including phenoxy) is 2. The lowest BCUT2D eigenvalue weighted by molar-refractivity contribution is 0.209. The highest BCUT2D eigenvalue weighted by atomic mass is 16.6. The summed E-state index contributed by atoms with van der Waals surface area (Å²) in [5, 5.41) is 0. The van der Waals surface area contributed by atoms with Crippen LogP contribution in [0.5, 0.6) is 11.6 Å². The summed E-state index contributed by atoms with van der Waals surface area (Å²) in [6.07, 6.45) is -0.498. The van der Waals surface area contributed by atoms with Crippen LogP contribution in [0, 0.1) is 6.92 Å². The number of benzene rings is 1. The number of rotatable bonds is 4. The van der Waals surface area contributed by atoms with Crippen molar-refractivity contribution in [2.75, 3.05) is 19.1 Å². The van der Waals surface area contributed by atoms with Crippen molar-refractivity contribution in [1.29, 1.82) is 0 Å². The Morgan fingerprint density at radius 1 is 1.22 bits per heavy atom. The maximum absolute atomic E-state index is 12.3. The first kappa shape index (κ1) is 16.8. The molecule has 5 nitrogen and oxygen atoms in total. The second kappa shape index (κ2) is 7.13. The van der Waals surface area contributed by atoms with Crippen LogP contribution in [-0.2, 0) is 0 Å². The van der Waals surface area contributed by atoms with Gasteiger partial charge in [-0.15, -0.1) is 0 Å². The highest BCUT2D eigenvalue weighted by Gasteiger charge is 2.16. The fraction of sp³-hybridized carbons (Fsp3) is 0.333. The zero-order valence-corrected chi connectivity index (χ0v) is 14.2. The third-order valence-electron chi connectivity index (χ3n) is 3.60. The van der Waals surface area contributed by atoms with E-state index in [4.69, 9.17) is 9.47 Å². The van der Waals surface area contributed by atoms with Crippen LogP contribution in [0.2, 0.25) is 0 Å². The quantitative estimate of drug-likeness (QED) is 0.850. The minimum Gasteiger partial charge on any atom is -0.481 e. The molecule has 0 aliphatic carbocycles.